The summed E-state index contributed by atoms with van der Waals surface area (Å²) in [5.41, 5.74) is 3.18. The van der Waals surface area contributed by atoms with Gasteiger partial charge >= 0.3 is 0 Å². The molecule has 1 aromatic rings. The summed E-state index contributed by atoms with van der Waals surface area (Å²) in [6.07, 6.45) is 0. The summed E-state index contributed by atoms with van der Waals surface area (Å²) >= 11 is 0. The fraction of sp³-hybridized carbons (Fsp3) is 0.278. The highest BCUT2D eigenvalue weighted by Gasteiger charge is 2.09. The maximum atomic E-state index is 6.07. The molecule has 1 aliphatic heterocycles. The Balaban J connectivity index is 0.00000161. The smallest absolute Gasteiger partial charge is 0.203 e. The molecule has 0 unspecified atom stereocenters. The van der Waals surface area contributed by atoms with Crippen LogP contribution in [0.1, 0.15) is 7.43 Å². The maximum absolute atomic E-state index is 6.07. The van der Waals surface area contributed by atoms with Gasteiger partial charge in [-0.15, -0.1) is 0 Å². The molecule has 0 saturated carbocycles. The zero-order valence-corrected chi connectivity index (χ0v) is 12.3. The molecule has 0 radical (unpaired) electrons. The summed E-state index contributed by atoms with van der Waals surface area (Å²) in [6.45, 7) is 0. The number of rotatable bonds is 1. The molecule has 0 bridgehead atoms. The highest BCUT2D eigenvalue weighted by atomic mass is 16.3. The van der Waals surface area contributed by atoms with E-state index in [1.807, 2.05) is 28.2 Å². The van der Waals surface area contributed by atoms with E-state index in [0.717, 1.165) is 33.3 Å². The van der Waals surface area contributed by atoms with Crippen molar-refractivity contribution in [1.82, 2.24) is 4.58 Å². The maximum Gasteiger partial charge on any atom is 0.203 e. The van der Waals surface area contributed by atoms with Gasteiger partial charge in [0.25, 0.3) is 0 Å². The predicted octanol–water partition coefficient (Wildman–Crippen LogP) is 3.27. The molecule has 0 spiro atoms. The third-order valence-corrected chi connectivity index (χ3v) is 3.56. The van der Waals surface area contributed by atoms with Gasteiger partial charge in [-0.25, -0.2) is 4.58 Å². The molecule has 0 saturated heterocycles. The zero-order valence-electron chi connectivity index (χ0n) is 12.3. The van der Waals surface area contributed by atoms with Gasteiger partial charge in [-0.05, 0) is 24.3 Å². The van der Waals surface area contributed by atoms with Crippen LogP contribution in [0.3, 0.4) is 0 Å². The molecule has 21 heavy (non-hydrogen) atoms. The second-order valence-corrected chi connectivity index (χ2v) is 5.48. The van der Waals surface area contributed by atoms with Crippen LogP contribution in [0, 0.1) is 0 Å². The molecule has 0 N–H and O–H groups in total. The first kappa shape index (κ1) is 15.1. The molecule has 0 atom stereocenters. The van der Waals surface area contributed by atoms with Crippen LogP contribution in [0.15, 0.2) is 46.9 Å². The lowest BCUT2D eigenvalue weighted by Crippen LogP contribution is -2.21. The Morgan fingerprint density at radius 2 is 1.71 bits per heavy atom. The molecular formula is C18H23N2O+. The van der Waals surface area contributed by atoms with Crippen molar-refractivity contribution in [3.05, 3.63) is 47.8 Å². The van der Waals surface area contributed by atoms with Crippen molar-refractivity contribution in [3.63, 3.8) is 0 Å². The van der Waals surface area contributed by atoms with E-state index in [1.54, 1.807) is 0 Å². The van der Waals surface area contributed by atoms with Crippen LogP contribution in [0.4, 0.5) is 5.69 Å². The van der Waals surface area contributed by atoms with Crippen LogP contribution < -0.4 is 14.8 Å². The molecule has 3 nitrogen and oxygen atoms in total. The van der Waals surface area contributed by atoms with Gasteiger partial charge in [-0.1, -0.05) is 7.43 Å². The van der Waals surface area contributed by atoms with Gasteiger partial charge in [0.1, 0.15) is 25.4 Å². The first-order chi connectivity index (χ1) is 9.54. The third-order valence-electron chi connectivity index (χ3n) is 3.56. The Morgan fingerprint density at radius 1 is 0.952 bits per heavy atom. The Hall–Kier alpha value is -2.29. The van der Waals surface area contributed by atoms with Gasteiger partial charge in [0.2, 0.25) is 5.36 Å². The molecule has 0 fully saturated rings. The van der Waals surface area contributed by atoms with Crippen molar-refractivity contribution >= 4 is 16.7 Å². The summed E-state index contributed by atoms with van der Waals surface area (Å²) in [5, 5.41) is 2.27. The molecule has 0 amide bonds. The SMILES string of the molecule is C.CN(C)c1ccc2cc3ccc(=[N+](C)C)cc-3oc2c1. The number of benzene rings is 2. The molecule has 0 aromatic heterocycles. The van der Waals surface area contributed by atoms with Crippen LogP contribution in [0.2, 0.25) is 0 Å². The average molecular weight is 283 g/mol. The van der Waals surface area contributed by atoms with Gasteiger partial charge in [-0.2, -0.15) is 0 Å². The average Bonchev–Trinajstić information content (AvgIpc) is 2.43. The lowest BCUT2D eigenvalue weighted by Gasteiger charge is -2.13. The third kappa shape index (κ3) is 2.77. The first-order valence-corrected chi connectivity index (χ1v) is 6.70. The van der Waals surface area contributed by atoms with Crippen molar-refractivity contribution in [3.8, 4) is 11.3 Å². The van der Waals surface area contributed by atoms with Gasteiger partial charge in [-0.3, -0.25) is 0 Å². The van der Waals surface area contributed by atoms with E-state index in [4.69, 9.17) is 4.42 Å². The van der Waals surface area contributed by atoms with E-state index >= 15 is 0 Å². The first-order valence-electron chi connectivity index (χ1n) is 6.70. The summed E-state index contributed by atoms with van der Waals surface area (Å²) < 4.78 is 8.15. The number of hydrogen-bond donors (Lipinski definition) is 0. The van der Waals surface area contributed by atoms with Crippen LogP contribution in [-0.4, -0.2) is 28.2 Å². The van der Waals surface area contributed by atoms with Gasteiger partial charge in [0, 0.05) is 42.9 Å². The van der Waals surface area contributed by atoms with E-state index in [2.05, 4.69) is 51.9 Å². The minimum Gasteiger partial charge on any atom is -0.456 e. The number of anilines is 1. The topological polar surface area (TPSA) is 19.4 Å². The van der Waals surface area contributed by atoms with E-state index in [0.29, 0.717) is 0 Å². The van der Waals surface area contributed by atoms with E-state index in [9.17, 15) is 0 Å². The highest BCUT2D eigenvalue weighted by molar-refractivity contribution is 5.85. The largest absolute Gasteiger partial charge is 0.456 e. The van der Waals surface area contributed by atoms with E-state index in [-0.39, 0.29) is 7.43 Å². The van der Waals surface area contributed by atoms with Gasteiger partial charge < -0.3 is 9.32 Å². The van der Waals surface area contributed by atoms with Crippen LogP contribution in [0.5, 0.6) is 0 Å². The van der Waals surface area contributed by atoms with Crippen molar-refractivity contribution in [2.24, 2.45) is 0 Å². The van der Waals surface area contributed by atoms with Gasteiger partial charge in [0.05, 0.1) is 6.07 Å². The monoisotopic (exact) mass is 283 g/mol. The Bertz CT molecular complexity index is 811. The number of nitrogens with zero attached hydrogens (tertiary/aromatic N) is 2. The summed E-state index contributed by atoms with van der Waals surface area (Å²) in [4.78, 5) is 2.08. The zero-order chi connectivity index (χ0) is 14.3. The van der Waals surface area contributed by atoms with Crippen molar-refractivity contribution in [1.29, 1.82) is 0 Å². The van der Waals surface area contributed by atoms with E-state index < -0.39 is 0 Å². The van der Waals surface area contributed by atoms with Gasteiger partial charge in [0.15, 0.2) is 0 Å². The standard InChI is InChI=1S/C17H19N2O.CH4/c1-18(2)14-7-5-12-9-13-6-8-15(19(3)4)11-17(13)20-16(12)10-14;/h5-11H,1-4H3;1H4/q+1;. The van der Waals surface area contributed by atoms with Crippen molar-refractivity contribution in [2.75, 3.05) is 33.1 Å². The number of fused-ring (bicyclic) bond motifs is 2. The second kappa shape index (κ2) is 5.60. The molecule has 3 rings (SSSR count). The summed E-state index contributed by atoms with van der Waals surface area (Å²) in [7, 11) is 8.14. The minimum absolute atomic E-state index is 0. The molecule has 1 aliphatic carbocycles. The summed E-state index contributed by atoms with van der Waals surface area (Å²) in [5.74, 6) is 0.916. The molecule has 1 heterocycles. The van der Waals surface area contributed by atoms with E-state index in [1.165, 1.54) is 0 Å². The lowest BCUT2D eigenvalue weighted by atomic mass is 10.1. The Kier molecular flexibility index (Phi) is 4.03. The van der Waals surface area contributed by atoms with Crippen molar-refractivity contribution in [2.45, 2.75) is 7.43 Å². The molecule has 3 heteroatoms. The fourth-order valence-corrected chi connectivity index (χ4v) is 2.30. The number of hydrogen-bond acceptors (Lipinski definition) is 2. The van der Waals surface area contributed by atoms with Crippen LogP contribution in [-0.2, 0) is 0 Å². The molecule has 2 aliphatic rings. The van der Waals surface area contributed by atoms with Crippen molar-refractivity contribution < 1.29 is 4.42 Å². The molecule has 110 valence electrons. The molecule has 1 aromatic carbocycles. The minimum atomic E-state index is 0. The fourth-order valence-electron chi connectivity index (χ4n) is 2.30. The molecular weight excluding hydrogens is 260 g/mol. The van der Waals surface area contributed by atoms with Crippen LogP contribution >= 0.6 is 0 Å². The second-order valence-electron chi connectivity index (χ2n) is 5.48. The predicted molar refractivity (Wildman–Crippen MR) is 91.0 cm³/mol. The quantitative estimate of drug-likeness (QED) is 0.504. The highest BCUT2D eigenvalue weighted by Crippen LogP contribution is 2.29. The lowest BCUT2D eigenvalue weighted by molar-refractivity contribution is 0.617. The normalized spacial score (nSPS) is 10.5. The van der Waals surface area contributed by atoms with Crippen LogP contribution in [0.25, 0.3) is 22.3 Å². The Morgan fingerprint density at radius 3 is 2.38 bits per heavy atom. The Labute approximate surface area is 126 Å². The summed E-state index contributed by atoms with van der Waals surface area (Å²) in [6, 6.07) is 14.8.